The topological polar surface area (TPSA) is 63.3 Å². The molecular weight excluding hydrogens is 329 g/mol. The van der Waals surface area contributed by atoms with Gasteiger partial charge in [0.2, 0.25) is 5.95 Å². The van der Waals surface area contributed by atoms with E-state index in [2.05, 4.69) is 20.5 Å². The van der Waals surface area contributed by atoms with Gasteiger partial charge in [-0.25, -0.2) is 24.2 Å². The molecule has 5 nitrogen and oxygen atoms in total. The van der Waals surface area contributed by atoms with E-state index in [9.17, 15) is 13.2 Å². The van der Waals surface area contributed by atoms with Gasteiger partial charge in [0.05, 0.1) is 17.4 Å². The van der Waals surface area contributed by atoms with Crippen molar-refractivity contribution in [3.05, 3.63) is 52.3 Å². The van der Waals surface area contributed by atoms with E-state index in [1.807, 2.05) is 0 Å². The zero-order valence-electron chi connectivity index (χ0n) is 11.4. The number of nitrogens with one attached hydrogen (secondary N) is 1. The summed E-state index contributed by atoms with van der Waals surface area (Å²) in [6.45, 7) is 0. The Labute approximate surface area is 132 Å². The molecule has 0 aliphatic rings. The summed E-state index contributed by atoms with van der Waals surface area (Å²) < 4.78 is 43.9. The second-order valence-electron chi connectivity index (χ2n) is 4.29. The standard InChI is InChI=1S/C14H9F3N4OS/c15-12-4-3-8(23-12)7-18-21-14-19-9(11-2-1-5-22-11)6-10(20-14)13(16)17/h1-7,13H,(H,19,20,21)/b18-7+. The fourth-order valence-electron chi connectivity index (χ4n) is 1.73. The first-order valence-electron chi connectivity index (χ1n) is 6.37. The van der Waals surface area contributed by atoms with Gasteiger partial charge in [-0.05, 0) is 30.3 Å². The van der Waals surface area contributed by atoms with E-state index in [0.29, 0.717) is 10.6 Å². The summed E-state index contributed by atoms with van der Waals surface area (Å²) in [5.41, 5.74) is 2.21. The highest BCUT2D eigenvalue weighted by molar-refractivity contribution is 7.12. The smallest absolute Gasteiger partial charge is 0.280 e. The third-order valence-corrected chi connectivity index (χ3v) is 3.50. The minimum absolute atomic E-state index is 0.109. The van der Waals surface area contributed by atoms with Gasteiger partial charge in [0.25, 0.3) is 6.43 Å². The van der Waals surface area contributed by atoms with Crippen LogP contribution in [0.1, 0.15) is 17.0 Å². The number of hydrogen-bond donors (Lipinski definition) is 1. The van der Waals surface area contributed by atoms with Gasteiger partial charge in [-0.3, -0.25) is 0 Å². The van der Waals surface area contributed by atoms with E-state index in [-0.39, 0.29) is 16.8 Å². The molecule has 0 fully saturated rings. The van der Waals surface area contributed by atoms with E-state index >= 15 is 0 Å². The first kappa shape index (κ1) is 15.2. The Morgan fingerprint density at radius 1 is 1.26 bits per heavy atom. The van der Waals surface area contributed by atoms with Gasteiger partial charge >= 0.3 is 0 Å². The number of anilines is 1. The maximum absolute atomic E-state index is 12.9. The van der Waals surface area contributed by atoms with E-state index < -0.39 is 12.1 Å². The van der Waals surface area contributed by atoms with Gasteiger partial charge in [0.1, 0.15) is 11.4 Å². The van der Waals surface area contributed by atoms with Crippen molar-refractivity contribution < 1.29 is 17.6 Å². The number of hydrogen-bond acceptors (Lipinski definition) is 6. The zero-order valence-corrected chi connectivity index (χ0v) is 12.2. The molecule has 23 heavy (non-hydrogen) atoms. The van der Waals surface area contributed by atoms with Crippen LogP contribution in [0.5, 0.6) is 0 Å². The van der Waals surface area contributed by atoms with Crippen molar-refractivity contribution in [3.8, 4) is 11.5 Å². The first-order chi connectivity index (χ1) is 11.1. The molecule has 0 aromatic carbocycles. The summed E-state index contributed by atoms with van der Waals surface area (Å²) in [6, 6.07) is 7.20. The average molecular weight is 338 g/mol. The molecule has 3 heterocycles. The molecule has 0 amide bonds. The predicted octanol–water partition coefficient (Wildman–Crippen LogP) is 4.32. The van der Waals surface area contributed by atoms with Crippen LogP contribution in [0, 0.1) is 5.13 Å². The van der Waals surface area contributed by atoms with Gasteiger partial charge < -0.3 is 4.42 Å². The molecule has 0 aliphatic carbocycles. The van der Waals surface area contributed by atoms with Crippen molar-refractivity contribution in [2.45, 2.75) is 6.43 Å². The number of nitrogens with zero attached hydrogens (tertiary/aromatic N) is 3. The number of thiophene rings is 1. The minimum Gasteiger partial charge on any atom is -0.463 e. The monoisotopic (exact) mass is 338 g/mol. The number of furan rings is 1. The largest absolute Gasteiger partial charge is 0.463 e. The molecule has 0 unspecified atom stereocenters. The summed E-state index contributed by atoms with van der Waals surface area (Å²) in [5, 5.41) is 3.47. The molecule has 3 aromatic heterocycles. The summed E-state index contributed by atoms with van der Waals surface area (Å²) in [7, 11) is 0. The molecule has 0 bridgehead atoms. The Kier molecular flexibility index (Phi) is 4.38. The van der Waals surface area contributed by atoms with Crippen molar-refractivity contribution in [2.75, 3.05) is 5.43 Å². The highest BCUT2D eigenvalue weighted by Crippen LogP contribution is 2.24. The van der Waals surface area contributed by atoms with Crippen molar-refractivity contribution in [1.82, 2.24) is 9.97 Å². The Bertz CT molecular complexity index is 817. The van der Waals surface area contributed by atoms with Gasteiger partial charge in [-0.1, -0.05) is 0 Å². The van der Waals surface area contributed by atoms with Crippen molar-refractivity contribution >= 4 is 23.5 Å². The number of aromatic nitrogens is 2. The quantitative estimate of drug-likeness (QED) is 0.556. The van der Waals surface area contributed by atoms with E-state index in [4.69, 9.17) is 4.42 Å². The average Bonchev–Trinajstić information content (AvgIpc) is 3.19. The van der Waals surface area contributed by atoms with E-state index in [1.165, 1.54) is 24.6 Å². The summed E-state index contributed by atoms with van der Waals surface area (Å²) in [6.07, 6.45) is -0.00272. The van der Waals surface area contributed by atoms with E-state index in [1.54, 1.807) is 12.1 Å². The van der Waals surface area contributed by atoms with Gasteiger partial charge in [-0.2, -0.15) is 9.49 Å². The lowest BCUT2D eigenvalue weighted by Crippen LogP contribution is -2.02. The minimum atomic E-state index is -2.76. The van der Waals surface area contributed by atoms with Crippen LogP contribution in [-0.2, 0) is 0 Å². The second-order valence-corrected chi connectivity index (χ2v) is 5.36. The fourth-order valence-corrected chi connectivity index (χ4v) is 2.33. The molecule has 0 radical (unpaired) electrons. The van der Waals surface area contributed by atoms with Crippen LogP contribution in [0.25, 0.3) is 11.5 Å². The zero-order chi connectivity index (χ0) is 16.2. The van der Waals surface area contributed by atoms with Crippen LogP contribution in [0.3, 0.4) is 0 Å². The van der Waals surface area contributed by atoms with Gasteiger partial charge in [0, 0.05) is 0 Å². The predicted molar refractivity (Wildman–Crippen MR) is 80.2 cm³/mol. The Balaban J connectivity index is 1.84. The fraction of sp³-hybridized carbons (Fsp3) is 0.0714. The number of rotatable bonds is 5. The van der Waals surface area contributed by atoms with Crippen LogP contribution in [0.15, 0.2) is 46.1 Å². The lowest BCUT2D eigenvalue weighted by Gasteiger charge is -2.05. The molecule has 3 rings (SSSR count). The summed E-state index contributed by atoms with van der Waals surface area (Å²) in [5.74, 6) is 0.226. The Hall–Kier alpha value is -2.68. The van der Waals surface area contributed by atoms with Crippen LogP contribution in [0.4, 0.5) is 19.1 Å². The number of hydrazone groups is 1. The normalized spacial score (nSPS) is 11.5. The lowest BCUT2D eigenvalue weighted by molar-refractivity contribution is 0.146. The third kappa shape index (κ3) is 3.75. The molecule has 118 valence electrons. The Morgan fingerprint density at radius 3 is 2.78 bits per heavy atom. The molecule has 1 N–H and O–H groups in total. The molecule has 9 heteroatoms. The Morgan fingerprint density at radius 2 is 2.13 bits per heavy atom. The maximum atomic E-state index is 12.9. The van der Waals surface area contributed by atoms with Crippen LogP contribution in [-0.4, -0.2) is 16.2 Å². The lowest BCUT2D eigenvalue weighted by atomic mass is 10.2. The highest BCUT2D eigenvalue weighted by Gasteiger charge is 2.15. The summed E-state index contributed by atoms with van der Waals surface area (Å²) >= 11 is 0.900. The van der Waals surface area contributed by atoms with Crippen molar-refractivity contribution in [2.24, 2.45) is 5.10 Å². The van der Waals surface area contributed by atoms with Gasteiger partial charge in [-0.15, -0.1) is 11.3 Å². The molecule has 3 aromatic rings. The maximum Gasteiger partial charge on any atom is 0.280 e. The summed E-state index contributed by atoms with van der Waals surface area (Å²) in [4.78, 5) is 8.30. The first-order valence-corrected chi connectivity index (χ1v) is 7.19. The number of halogens is 3. The third-order valence-electron chi connectivity index (χ3n) is 2.69. The molecule has 0 spiro atoms. The molecule has 0 saturated carbocycles. The highest BCUT2D eigenvalue weighted by atomic mass is 32.1. The molecule has 0 saturated heterocycles. The second kappa shape index (κ2) is 6.61. The van der Waals surface area contributed by atoms with Crippen LogP contribution in [0.2, 0.25) is 0 Å². The van der Waals surface area contributed by atoms with Crippen LogP contribution < -0.4 is 5.43 Å². The van der Waals surface area contributed by atoms with Crippen molar-refractivity contribution in [3.63, 3.8) is 0 Å². The van der Waals surface area contributed by atoms with Crippen LogP contribution >= 0.6 is 11.3 Å². The molecule has 0 atom stereocenters. The molecular formula is C14H9F3N4OS. The van der Waals surface area contributed by atoms with E-state index in [0.717, 1.165) is 17.4 Å². The SMILES string of the molecule is Fc1ccc(/C=N/Nc2nc(-c3ccco3)cc(C(F)F)n2)s1. The molecule has 0 aliphatic heterocycles. The number of alkyl halides is 2. The van der Waals surface area contributed by atoms with Crippen molar-refractivity contribution in [1.29, 1.82) is 0 Å². The van der Waals surface area contributed by atoms with Gasteiger partial charge in [0.15, 0.2) is 10.9 Å².